The molecule has 106 valence electrons. The third-order valence-electron chi connectivity index (χ3n) is 2.84. The van der Waals surface area contributed by atoms with Crippen molar-refractivity contribution in [1.82, 2.24) is 9.55 Å². The van der Waals surface area contributed by atoms with Gasteiger partial charge >= 0.3 is 5.97 Å². The van der Waals surface area contributed by atoms with Crippen LogP contribution in [0.15, 0.2) is 18.2 Å². The molecule has 6 nitrogen and oxygen atoms in total. The van der Waals surface area contributed by atoms with Crippen molar-refractivity contribution in [2.75, 3.05) is 20.0 Å². The van der Waals surface area contributed by atoms with Gasteiger partial charge in [-0.2, -0.15) is 0 Å². The summed E-state index contributed by atoms with van der Waals surface area (Å²) in [6, 6.07) is 4.00. The smallest absolute Gasteiger partial charge is 0.360 e. The van der Waals surface area contributed by atoms with E-state index in [0.29, 0.717) is 11.5 Å². The first-order valence-corrected chi connectivity index (χ1v) is 5.76. The fraction of sp³-hybridized carbons (Fsp3) is 0.231. The van der Waals surface area contributed by atoms with Crippen LogP contribution in [-0.2, 0) is 4.74 Å². The minimum atomic E-state index is -0.634. The molecule has 0 radical (unpaired) electrons. The zero-order valence-electron chi connectivity index (χ0n) is 11.3. The van der Waals surface area contributed by atoms with Crippen molar-refractivity contribution in [3.05, 3.63) is 35.5 Å². The van der Waals surface area contributed by atoms with Crippen LogP contribution in [-0.4, -0.2) is 29.7 Å². The number of rotatable bonds is 3. The van der Waals surface area contributed by atoms with Crippen LogP contribution >= 0.6 is 0 Å². The molecule has 0 aliphatic carbocycles. The lowest BCUT2D eigenvalue weighted by Gasteiger charge is -2.12. The van der Waals surface area contributed by atoms with Crippen LogP contribution in [0.5, 0.6) is 5.75 Å². The molecule has 0 saturated heterocycles. The second kappa shape index (κ2) is 5.20. The predicted octanol–water partition coefficient (Wildman–Crippen LogP) is 1.70. The Kier molecular flexibility index (Phi) is 3.60. The van der Waals surface area contributed by atoms with Gasteiger partial charge in [-0.25, -0.2) is 14.2 Å². The van der Waals surface area contributed by atoms with Gasteiger partial charge in [0, 0.05) is 6.07 Å². The Balaban J connectivity index is 2.65. The lowest BCUT2D eigenvalue weighted by Crippen LogP contribution is -2.08. The number of nitrogens with two attached hydrogens (primary N) is 1. The molecule has 1 heterocycles. The molecular formula is C13H14FN3O3. The molecule has 2 rings (SSSR count). The highest BCUT2D eigenvalue weighted by Gasteiger charge is 2.21. The predicted molar refractivity (Wildman–Crippen MR) is 70.6 cm³/mol. The Morgan fingerprint density at radius 2 is 2.10 bits per heavy atom. The summed E-state index contributed by atoms with van der Waals surface area (Å²) in [5.74, 6) is -0.207. The summed E-state index contributed by atoms with van der Waals surface area (Å²) in [6.45, 7) is 1.67. The summed E-state index contributed by atoms with van der Waals surface area (Å²) in [5, 5.41) is 0. The largest absolute Gasteiger partial charge is 0.494 e. The van der Waals surface area contributed by atoms with E-state index < -0.39 is 11.8 Å². The van der Waals surface area contributed by atoms with Gasteiger partial charge in [-0.15, -0.1) is 0 Å². The van der Waals surface area contributed by atoms with Crippen LogP contribution in [0, 0.1) is 12.7 Å². The van der Waals surface area contributed by atoms with Crippen LogP contribution in [0.3, 0.4) is 0 Å². The molecule has 0 aliphatic heterocycles. The van der Waals surface area contributed by atoms with Crippen LogP contribution in [0.1, 0.15) is 16.3 Å². The molecule has 0 saturated carbocycles. The number of carbonyl (C=O) groups excluding carboxylic acids is 1. The standard InChI is InChI=1S/C13H14FN3O3/c1-7-16-11(13(18)20-3)12(15)17(7)9-5-4-8(14)6-10(9)19-2/h4-6H,15H2,1-3H3. The van der Waals surface area contributed by atoms with Crippen molar-refractivity contribution >= 4 is 11.8 Å². The zero-order valence-corrected chi connectivity index (χ0v) is 11.3. The third-order valence-corrected chi connectivity index (χ3v) is 2.84. The number of esters is 1. The SMILES string of the molecule is COC(=O)c1nc(C)n(-c2ccc(F)cc2OC)c1N. The number of methoxy groups -OCH3 is 2. The number of benzene rings is 1. The van der Waals surface area contributed by atoms with E-state index in [9.17, 15) is 9.18 Å². The maximum absolute atomic E-state index is 13.2. The van der Waals surface area contributed by atoms with Crippen molar-refractivity contribution in [3.8, 4) is 11.4 Å². The number of aromatic nitrogens is 2. The molecule has 0 unspecified atom stereocenters. The van der Waals surface area contributed by atoms with Gasteiger partial charge in [-0.3, -0.25) is 4.57 Å². The van der Waals surface area contributed by atoms with E-state index >= 15 is 0 Å². The van der Waals surface area contributed by atoms with Gasteiger partial charge in [0.05, 0.1) is 19.9 Å². The summed E-state index contributed by atoms with van der Waals surface area (Å²) < 4.78 is 24.5. The normalized spacial score (nSPS) is 10.4. The summed E-state index contributed by atoms with van der Waals surface area (Å²) in [4.78, 5) is 15.6. The summed E-state index contributed by atoms with van der Waals surface area (Å²) in [6.07, 6.45) is 0. The minimum absolute atomic E-state index is 0.0105. The van der Waals surface area contributed by atoms with Crippen molar-refractivity contribution in [2.24, 2.45) is 0 Å². The maximum Gasteiger partial charge on any atom is 0.360 e. The molecule has 7 heteroatoms. The number of aryl methyl sites for hydroxylation is 1. The molecule has 0 fully saturated rings. The third kappa shape index (κ3) is 2.18. The fourth-order valence-electron chi connectivity index (χ4n) is 1.94. The second-order valence-corrected chi connectivity index (χ2v) is 4.04. The number of hydrogen-bond acceptors (Lipinski definition) is 5. The van der Waals surface area contributed by atoms with Gasteiger partial charge in [0.15, 0.2) is 5.69 Å². The van der Waals surface area contributed by atoms with Gasteiger partial charge in [-0.1, -0.05) is 0 Å². The van der Waals surface area contributed by atoms with E-state index in [4.69, 9.17) is 10.5 Å². The van der Waals surface area contributed by atoms with Crippen molar-refractivity contribution in [2.45, 2.75) is 6.92 Å². The van der Waals surface area contributed by atoms with Gasteiger partial charge < -0.3 is 15.2 Å². The Bertz CT molecular complexity index is 667. The molecule has 2 N–H and O–H groups in total. The number of hydrogen-bond donors (Lipinski definition) is 1. The Hall–Kier alpha value is -2.57. The van der Waals surface area contributed by atoms with E-state index in [2.05, 4.69) is 9.72 Å². The first kappa shape index (κ1) is 13.9. The number of ether oxygens (including phenoxy) is 2. The van der Waals surface area contributed by atoms with Crippen LogP contribution < -0.4 is 10.5 Å². The lowest BCUT2D eigenvalue weighted by molar-refractivity contribution is 0.0596. The molecular weight excluding hydrogens is 265 g/mol. The first-order valence-electron chi connectivity index (χ1n) is 5.76. The fourth-order valence-corrected chi connectivity index (χ4v) is 1.94. The molecule has 0 bridgehead atoms. The van der Waals surface area contributed by atoms with E-state index in [1.807, 2.05) is 0 Å². The van der Waals surface area contributed by atoms with Gasteiger partial charge in [0.25, 0.3) is 0 Å². The Morgan fingerprint density at radius 1 is 1.40 bits per heavy atom. The highest BCUT2D eigenvalue weighted by molar-refractivity contribution is 5.92. The van der Waals surface area contributed by atoms with Gasteiger partial charge in [0.2, 0.25) is 0 Å². The average Bonchev–Trinajstić information content (AvgIpc) is 2.73. The molecule has 0 amide bonds. The summed E-state index contributed by atoms with van der Waals surface area (Å²) in [7, 11) is 2.66. The zero-order chi connectivity index (χ0) is 14.9. The van der Waals surface area contributed by atoms with Crippen LogP contribution in [0.2, 0.25) is 0 Å². The quantitative estimate of drug-likeness (QED) is 0.865. The van der Waals surface area contributed by atoms with Gasteiger partial charge in [0.1, 0.15) is 23.2 Å². The Morgan fingerprint density at radius 3 is 2.70 bits per heavy atom. The van der Waals surface area contributed by atoms with Crippen molar-refractivity contribution in [1.29, 1.82) is 0 Å². The van der Waals surface area contributed by atoms with E-state index in [1.165, 1.54) is 37.0 Å². The molecule has 1 aromatic heterocycles. The topological polar surface area (TPSA) is 79.4 Å². The van der Waals surface area contributed by atoms with Gasteiger partial charge in [-0.05, 0) is 19.1 Å². The summed E-state index contributed by atoms with van der Waals surface area (Å²) >= 11 is 0. The van der Waals surface area contributed by atoms with E-state index in [0.717, 1.165) is 0 Å². The minimum Gasteiger partial charge on any atom is -0.494 e. The first-order chi connectivity index (χ1) is 9.49. The molecule has 1 aromatic carbocycles. The number of imidazole rings is 1. The maximum atomic E-state index is 13.2. The van der Waals surface area contributed by atoms with Crippen LogP contribution in [0.4, 0.5) is 10.2 Å². The second-order valence-electron chi connectivity index (χ2n) is 4.04. The number of halogens is 1. The Labute approximate surface area is 114 Å². The van der Waals surface area contributed by atoms with E-state index in [1.54, 1.807) is 6.92 Å². The average molecular weight is 279 g/mol. The van der Waals surface area contributed by atoms with Crippen molar-refractivity contribution in [3.63, 3.8) is 0 Å². The monoisotopic (exact) mass is 279 g/mol. The van der Waals surface area contributed by atoms with Crippen LogP contribution in [0.25, 0.3) is 5.69 Å². The molecule has 0 aliphatic rings. The number of nitrogens with zero attached hydrogens (tertiary/aromatic N) is 2. The number of nitrogen functional groups attached to an aromatic ring is 1. The highest BCUT2D eigenvalue weighted by Crippen LogP contribution is 2.29. The molecule has 20 heavy (non-hydrogen) atoms. The van der Waals surface area contributed by atoms with E-state index in [-0.39, 0.29) is 17.3 Å². The molecule has 0 atom stereocenters. The number of anilines is 1. The molecule has 0 spiro atoms. The number of carbonyl (C=O) groups is 1. The molecule has 2 aromatic rings. The summed E-state index contributed by atoms with van der Waals surface area (Å²) in [5.41, 5.74) is 6.43. The lowest BCUT2D eigenvalue weighted by atomic mass is 10.2. The highest BCUT2D eigenvalue weighted by atomic mass is 19.1. The van der Waals surface area contributed by atoms with Crippen molar-refractivity contribution < 1.29 is 18.7 Å².